The Bertz CT molecular complexity index is 580. The lowest BCUT2D eigenvalue weighted by atomic mass is 10.2. The number of imidazole rings is 1. The molecule has 0 atom stereocenters. The normalized spacial score (nSPS) is 11.0. The third-order valence-corrected chi connectivity index (χ3v) is 4.10. The molecule has 0 unspecified atom stereocenters. The SMILES string of the molecule is COCCNCc1ccc(-n2cnc(C)c2C)cc1Br. The van der Waals surface area contributed by atoms with Crippen LogP contribution in [0.15, 0.2) is 29.0 Å². The van der Waals surface area contributed by atoms with Gasteiger partial charge in [0.15, 0.2) is 0 Å². The first kappa shape index (κ1) is 15.2. The highest BCUT2D eigenvalue weighted by atomic mass is 79.9. The summed E-state index contributed by atoms with van der Waals surface area (Å²) in [6.45, 7) is 6.51. The van der Waals surface area contributed by atoms with Crippen LogP contribution < -0.4 is 5.32 Å². The first-order chi connectivity index (χ1) is 9.63. The highest BCUT2D eigenvalue weighted by Crippen LogP contribution is 2.22. The van der Waals surface area contributed by atoms with E-state index < -0.39 is 0 Å². The van der Waals surface area contributed by atoms with Crippen molar-refractivity contribution in [3.05, 3.63) is 46.0 Å². The molecule has 0 saturated heterocycles. The summed E-state index contributed by atoms with van der Waals surface area (Å²) in [6, 6.07) is 6.38. The maximum absolute atomic E-state index is 5.02. The molecule has 0 aliphatic rings. The number of benzene rings is 1. The predicted molar refractivity (Wildman–Crippen MR) is 84.3 cm³/mol. The van der Waals surface area contributed by atoms with Crippen LogP contribution >= 0.6 is 15.9 Å². The first-order valence-corrected chi connectivity index (χ1v) is 7.41. The van der Waals surface area contributed by atoms with Gasteiger partial charge in [-0.25, -0.2) is 4.98 Å². The van der Waals surface area contributed by atoms with Crippen molar-refractivity contribution in [1.29, 1.82) is 0 Å². The van der Waals surface area contributed by atoms with Crippen molar-refractivity contribution in [2.24, 2.45) is 0 Å². The molecule has 0 aliphatic carbocycles. The topological polar surface area (TPSA) is 39.1 Å². The maximum Gasteiger partial charge on any atom is 0.0997 e. The molecule has 0 bridgehead atoms. The van der Waals surface area contributed by atoms with Crippen molar-refractivity contribution >= 4 is 15.9 Å². The largest absolute Gasteiger partial charge is 0.383 e. The molecule has 2 rings (SSSR count). The lowest BCUT2D eigenvalue weighted by Crippen LogP contribution is -2.18. The van der Waals surface area contributed by atoms with Gasteiger partial charge in [-0.15, -0.1) is 0 Å². The van der Waals surface area contributed by atoms with Gasteiger partial charge in [-0.05, 0) is 31.5 Å². The molecule has 0 fully saturated rings. The zero-order valence-electron chi connectivity index (χ0n) is 12.1. The molecule has 4 nitrogen and oxygen atoms in total. The van der Waals surface area contributed by atoms with Crippen molar-refractivity contribution in [1.82, 2.24) is 14.9 Å². The minimum Gasteiger partial charge on any atom is -0.383 e. The van der Waals surface area contributed by atoms with Crippen LogP contribution in [-0.2, 0) is 11.3 Å². The van der Waals surface area contributed by atoms with E-state index in [2.05, 4.69) is 55.9 Å². The zero-order chi connectivity index (χ0) is 14.5. The Morgan fingerprint density at radius 3 is 2.75 bits per heavy atom. The maximum atomic E-state index is 5.02. The van der Waals surface area contributed by atoms with Gasteiger partial charge in [-0.1, -0.05) is 22.0 Å². The first-order valence-electron chi connectivity index (χ1n) is 6.62. The molecule has 1 heterocycles. The monoisotopic (exact) mass is 337 g/mol. The van der Waals surface area contributed by atoms with Gasteiger partial charge in [-0.3, -0.25) is 0 Å². The summed E-state index contributed by atoms with van der Waals surface area (Å²) in [5.41, 5.74) is 4.59. The molecule has 0 spiro atoms. The predicted octanol–water partition coefficient (Wildman–Crippen LogP) is 2.99. The van der Waals surface area contributed by atoms with Crippen molar-refractivity contribution in [3.63, 3.8) is 0 Å². The second kappa shape index (κ2) is 7.02. The van der Waals surface area contributed by atoms with Crippen molar-refractivity contribution in [2.75, 3.05) is 20.3 Å². The van der Waals surface area contributed by atoms with Gasteiger partial charge < -0.3 is 14.6 Å². The van der Waals surface area contributed by atoms with E-state index in [1.807, 2.05) is 13.3 Å². The average molecular weight is 338 g/mol. The molecule has 2 aromatic rings. The van der Waals surface area contributed by atoms with Gasteiger partial charge in [0, 0.05) is 36.1 Å². The van der Waals surface area contributed by atoms with Crippen molar-refractivity contribution in [2.45, 2.75) is 20.4 Å². The quantitative estimate of drug-likeness (QED) is 0.823. The molecule has 5 heteroatoms. The molecule has 1 aromatic heterocycles. The van der Waals surface area contributed by atoms with Crippen LogP contribution in [-0.4, -0.2) is 29.8 Å². The Kier molecular flexibility index (Phi) is 5.34. The van der Waals surface area contributed by atoms with Gasteiger partial charge in [0.05, 0.1) is 18.6 Å². The third kappa shape index (κ3) is 3.48. The summed E-state index contributed by atoms with van der Waals surface area (Å²) in [5, 5.41) is 3.34. The third-order valence-electron chi connectivity index (χ3n) is 3.37. The number of aromatic nitrogens is 2. The number of hydrogen-bond acceptors (Lipinski definition) is 3. The van der Waals surface area contributed by atoms with E-state index in [9.17, 15) is 0 Å². The summed E-state index contributed by atoms with van der Waals surface area (Å²) < 4.78 is 8.22. The summed E-state index contributed by atoms with van der Waals surface area (Å²) in [7, 11) is 1.71. The summed E-state index contributed by atoms with van der Waals surface area (Å²) >= 11 is 3.64. The number of hydrogen-bond donors (Lipinski definition) is 1. The molecule has 0 saturated carbocycles. The van der Waals surface area contributed by atoms with Crippen LogP contribution in [0.1, 0.15) is 17.0 Å². The van der Waals surface area contributed by atoms with Gasteiger partial charge in [0.2, 0.25) is 0 Å². The fourth-order valence-electron chi connectivity index (χ4n) is 1.99. The highest BCUT2D eigenvalue weighted by molar-refractivity contribution is 9.10. The van der Waals surface area contributed by atoms with Gasteiger partial charge in [-0.2, -0.15) is 0 Å². The molecular formula is C15H20BrN3O. The van der Waals surface area contributed by atoms with Crippen LogP contribution in [0.4, 0.5) is 0 Å². The van der Waals surface area contributed by atoms with Crippen LogP contribution in [0, 0.1) is 13.8 Å². The lowest BCUT2D eigenvalue weighted by Gasteiger charge is -2.10. The van der Waals surface area contributed by atoms with Crippen molar-refractivity contribution in [3.8, 4) is 5.69 Å². The summed E-state index contributed by atoms with van der Waals surface area (Å²) in [4.78, 5) is 4.34. The molecule has 1 N–H and O–H groups in total. The standard InChI is InChI=1S/C15H20BrN3O/c1-11-12(2)19(10-18-11)14-5-4-13(15(16)8-14)9-17-6-7-20-3/h4-5,8,10,17H,6-7,9H2,1-3H3. The molecule has 108 valence electrons. The van der Waals surface area contributed by atoms with E-state index in [4.69, 9.17) is 4.74 Å². The molecule has 0 aliphatic heterocycles. The number of aryl methyl sites for hydroxylation is 1. The molecule has 0 amide bonds. The van der Waals surface area contributed by atoms with Crippen LogP contribution in [0.3, 0.4) is 0 Å². The highest BCUT2D eigenvalue weighted by Gasteiger charge is 2.07. The number of nitrogens with one attached hydrogen (secondary N) is 1. The Labute approximate surface area is 128 Å². The second-order valence-corrected chi connectivity index (χ2v) is 5.59. The fourth-order valence-corrected chi connectivity index (χ4v) is 2.49. The van der Waals surface area contributed by atoms with Crippen LogP contribution in [0.25, 0.3) is 5.69 Å². The van der Waals surface area contributed by atoms with Crippen molar-refractivity contribution < 1.29 is 4.74 Å². The van der Waals surface area contributed by atoms with E-state index in [1.165, 1.54) is 11.3 Å². The summed E-state index contributed by atoms with van der Waals surface area (Å²) in [6.07, 6.45) is 1.86. The van der Waals surface area contributed by atoms with Crippen LogP contribution in [0.5, 0.6) is 0 Å². The Hall–Kier alpha value is -1.17. The minimum absolute atomic E-state index is 0.725. The Morgan fingerprint density at radius 2 is 2.15 bits per heavy atom. The van der Waals surface area contributed by atoms with Crippen LogP contribution in [0.2, 0.25) is 0 Å². The number of methoxy groups -OCH3 is 1. The van der Waals surface area contributed by atoms with Gasteiger partial charge >= 0.3 is 0 Å². The van der Waals surface area contributed by atoms with Gasteiger partial charge in [0.1, 0.15) is 0 Å². The second-order valence-electron chi connectivity index (χ2n) is 4.73. The number of rotatable bonds is 6. The summed E-state index contributed by atoms with van der Waals surface area (Å²) in [5.74, 6) is 0. The smallest absolute Gasteiger partial charge is 0.0997 e. The minimum atomic E-state index is 0.725. The molecular weight excluding hydrogens is 318 g/mol. The Morgan fingerprint density at radius 1 is 1.35 bits per heavy atom. The van der Waals surface area contributed by atoms with E-state index in [-0.39, 0.29) is 0 Å². The van der Waals surface area contributed by atoms with E-state index in [0.717, 1.165) is 35.6 Å². The molecule has 0 radical (unpaired) electrons. The number of ether oxygens (including phenoxy) is 1. The average Bonchev–Trinajstić information content (AvgIpc) is 2.77. The van der Waals surface area contributed by atoms with Gasteiger partial charge in [0.25, 0.3) is 0 Å². The number of nitrogens with zero attached hydrogens (tertiary/aromatic N) is 2. The molecule has 1 aromatic carbocycles. The molecule has 20 heavy (non-hydrogen) atoms. The van der Waals surface area contributed by atoms with E-state index >= 15 is 0 Å². The van der Waals surface area contributed by atoms with E-state index in [1.54, 1.807) is 7.11 Å². The zero-order valence-corrected chi connectivity index (χ0v) is 13.7. The Balaban J connectivity index is 2.11. The van der Waals surface area contributed by atoms with E-state index in [0.29, 0.717) is 0 Å². The lowest BCUT2D eigenvalue weighted by molar-refractivity contribution is 0.199. The number of halogens is 1. The fraction of sp³-hybridized carbons (Fsp3) is 0.400.